The summed E-state index contributed by atoms with van der Waals surface area (Å²) >= 11 is 0. The minimum atomic E-state index is -0.0131. The highest BCUT2D eigenvalue weighted by Gasteiger charge is 2.29. The summed E-state index contributed by atoms with van der Waals surface area (Å²) in [6.07, 6.45) is 8.43. The van der Waals surface area contributed by atoms with Crippen molar-refractivity contribution in [2.45, 2.75) is 63.5 Å². The second-order valence-corrected chi connectivity index (χ2v) is 5.97. The molecule has 0 spiro atoms. The Hall–Kier alpha value is -0.610. The topological polar surface area (TPSA) is 50.4 Å². The van der Waals surface area contributed by atoms with Gasteiger partial charge in [-0.25, -0.2) is 0 Å². The molecule has 0 bridgehead atoms. The van der Waals surface area contributed by atoms with Crippen molar-refractivity contribution in [3.05, 3.63) is 0 Å². The van der Waals surface area contributed by atoms with E-state index in [-0.39, 0.29) is 11.4 Å². The Morgan fingerprint density at radius 1 is 1.28 bits per heavy atom. The third-order valence-electron chi connectivity index (χ3n) is 4.11. The highest BCUT2D eigenvalue weighted by Crippen LogP contribution is 2.18. The fourth-order valence-electron chi connectivity index (χ4n) is 2.80. The second kappa shape index (κ2) is 6.53. The Bertz CT molecular complexity index is 267. The summed E-state index contributed by atoms with van der Waals surface area (Å²) < 4.78 is 5.36. The van der Waals surface area contributed by atoms with Gasteiger partial charge in [-0.1, -0.05) is 25.7 Å². The molecule has 4 nitrogen and oxygen atoms in total. The summed E-state index contributed by atoms with van der Waals surface area (Å²) in [4.78, 5) is 11.9. The average molecular weight is 254 g/mol. The van der Waals surface area contributed by atoms with Gasteiger partial charge in [0.1, 0.15) is 0 Å². The van der Waals surface area contributed by atoms with Crippen molar-refractivity contribution in [3.63, 3.8) is 0 Å². The Kier molecular flexibility index (Phi) is 5.01. The summed E-state index contributed by atoms with van der Waals surface area (Å²) in [5.74, 6) is 0.134. The van der Waals surface area contributed by atoms with E-state index in [2.05, 4.69) is 17.6 Å². The molecule has 0 aromatic heterocycles. The molecular weight excluding hydrogens is 228 g/mol. The Balaban J connectivity index is 1.67. The van der Waals surface area contributed by atoms with Gasteiger partial charge in [-0.05, 0) is 26.2 Å². The van der Waals surface area contributed by atoms with E-state index in [4.69, 9.17) is 4.74 Å². The first-order valence-electron chi connectivity index (χ1n) is 7.30. The van der Waals surface area contributed by atoms with Gasteiger partial charge in [-0.3, -0.25) is 4.79 Å². The van der Waals surface area contributed by atoms with E-state index in [1.165, 1.54) is 25.7 Å². The minimum Gasteiger partial charge on any atom is -0.379 e. The molecule has 1 amide bonds. The van der Waals surface area contributed by atoms with E-state index >= 15 is 0 Å². The van der Waals surface area contributed by atoms with Gasteiger partial charge in [0.05, 0.1) is 13.2 Å². The molecule has 0 radical (unpaired) electrons. The summed E-state index contributed by atoms with van der Waals surface area (Å²) in [5, 5.41) is 6.48. The molecule has 1 atom stereocenters. The van der Waals surface area contributed by atoms with Crippen LogP contribution in [0.2, 0.25) is 0 Å². The summed E-state index contributed by atoms with van der Waals surface area (Å²) in [7, 11) is 0. The fourth-order valence-corrected chi connectivity index (χ4v) is 2.80. The number of nitrogens with one attached hydrogen (secondary N) is 2. The number of ether oxygens (including phenoxy) is 1. The van der Waals surface area contributed by atoms with Crippen LogP contribution >= 0.6 is 0 Å². The number of amides is 1. The summed E-state index contributed by atoms with van der Waals surface area (Å²) in [6, 6.07) is 0.398. The molecule has 4 heteroatoms. The van der Waals surface area contributed by atoms with Gasteiger partial charge >= 0.3 is 0 Å². The lowest BCUT2D eigenvalue weighted by Crippen LogP contribution is -2.49. The normalized spacial score (nSPS) is 30.1. The molecule has 104 valence electrons. The van der Waals surface area contributed by atoms with Gasteiger partial charge in [0.25, 0.3) is 0 Å². The standard InChI is InChI=1S/C14H26N2O2/c1-14(8-9-18-11-14)15-10-13(17)16-12-6-4-2-3-5-7-12/h12,15H,2-11H2,1H3,(H,16,17). The fraction of sp³-hybridized carbons (Fsp3) is 0.929. The monoisotopic (exact) mass is 254 g/mol. The Morgan fingerprint density at radius 3 is 2.61 bits per heavy atom. The summed E-state index contributed by atoms with van der Waals surface area (Å²) in [5.41, 5.74) is -0.0131. The summed E-state index contributed by atoms with van der Waals surface area (Å²) in [6.45, 7) is 4.05. The van der Waals surface area contributed by atoms with Crippen LogP contribution < -0.4 is 10.6 Å². The molecule has 2 N–H and O–H groups in total. The number of carbonyl (C=O) groups excluding carboxylic acids is 1. The molecule has 0 aromatic rings. The third-order valence-corrected chi connectivity index (χ3v) is 4.11. The van der Waals surface area contributed by atoms with Crippen LogP contribution in [0.3, 0.4) is 0 Å². The SMILES string of the molecule is CC1(NCC(=O)NC2CCCCCC2)CCOC1. The molecule has 2 rings (SSSR count). The van der Waals surface area contributed by atoms with E-state index in [0.717, 1.165) is 25.9 Å². The van der Waals surface area contributed by atoms with Gasteiger partial charge in [-0.2, -0.15) is 0 Å². The smallest absolute Gasteiger partial charge is 0.234 e. The van der Waals surface area contributed by atoms with Crippen molar-refractivity contribution in [1.29, 1.82) is 0 Å². The maximum Gasteiger partial charge on any atom is 0.234 e. The number of hydrogen-bond acceptors (Lipinski definition) is 3. The van der Waals surface area contributed by atoms with Crippen molar-refractivity contribution in [3.8, 4) is 0 Å². The van der Waals surface area contributed by atoms with Crippen molar-refractivity contribution < 1.29 is 9.53 Å². The lowest BCUT2D eigenvalue weighted by molar-refractivity contribution is -0.121. The average Bonchev–Trinajstić information content (AvgIpc) is 2.62. The predicted octanol–water partition coefficient (Wildman–Crippen LogP) is 1.59. The van der Waals surface area contributed by atoms with E-state index in [0.29, 0.717) is 19.2 Å². The highest BCUT2D eigenvalue weighted by molar-refractivity contribution is 5.78. The zero-order valence-corrected chi connectivity index (χ0v) is 11.5. The third kappa shape index (κ3) is 4.25. The maximum atomic E-state index is 11.9. The highest BCUT2D eigenvalue weighted by atomic mass is 16.5. The first kappa shape index (κ1) is 13.8. The lowest BCUT2D eigenvalue weighted by atomic mass is 10.0. The lowest BCUT2D eigenvalue weighted by Gasteiger charge is -2.24. The van der Waals surface area contributed by atoms with Gasteiger partial charge < -0.3 is 15.4 Å². The molecule has 1 heterocycles. The predicted molar refractivity (Wildman–Crippen MR) is 71.5 cm³/mol. The quantitative estimate of drug-likeness (QED) is 0.749. The van der Waals surface area contributed by atoms with Gasteiger partial charge in [0.2, 0.25) is 5.91 Å². The minimum absolute atomic E-state index is 0.0131. The zero-order valence-electron chi connectivity index (χ0n) is 11.5. The largest absolute Gasteiger partial charge is 0.379 e. The number of rotatable bonds is 4. The van der Waals surface area contributed by atoms with Crippen LogP contribution in [0.1, 0.15) is 51.9 Å². The van der Waals surface area contributed by atoms with Crippen LogP contribution in [0.25, 0.3) is 0 Å². The van der Waals surface area contributed by atoms with Crippen molar-refractivity contribution in [2.24, 2.45) is 0 Å². The molecule has 18 heavy (non-hydrogen) atoms. The number of carbonyl (C=O) groups is 1. The van der Waals surface area contributed by atoms with Crippen molar-refractivity contribution in [1.82, 2.24) is 10.6 Å². The molecule has 1 aliphatic carbocycles. The van der Waals surface area contributed by atoms with Gasteiger partial charge in [0, 0.05) is 18.2 Å². The molecule has 1 saturated heterocycles. The molecular formula is C14H26N2O2. The molecule has 1 aliphatic heterocycles. The van der Waals surface area contributed by atoms with Gasteiger partial charge in [-0.15, -0.1) is 0 Å². The molecule has 1 saturated carbocycles. The molecule has 1 unspecified atom stereocenters. The van der Waals surface area contributed by atoms with E-state index < -0.39 is 0 Å². The van der Waals surface area contributed by atoms with Crippen molar-refractivity contribution >= 4 is 5.91 Å². The Morgan fingerprint density at radius 2 is 2.00 bits per heavy atom. The van der Waals surface area contributed by atoms with E-state index in [1.807, 2.05) is 0 Å². The van der Waals surface area contributed by atoms with Crippen LogP contribution in [0.15, 0.2) is 0 Å². The maximum absolute atomic E-state index is 11.9. The zero-order chi connectivity index (χ0) is 12.8. The molecule has 2 aliphatic rings. The van der Waals surface area contributed by atoms with E-state index in [1.54, 1.807) is 0 Å². The second-order valence-electron chi connectivity index (χ2n) is 5.97. The number of hydrogen-bond donors (Lipinski definition) is 2. The van der Waals surface area contributed by atoms with Crippen LogP contribution in [0.5, 0.6) is 0 Å². The van der Waals surface area contributed by atoms with Crippen LogP contribution in [0, 0.1) is 0 Å². The Labute approximate surface area is 110 Å². The van der Waals surface area contributed by atoms with Crippen LogP contribution in [0.4, 0.5) is 0 Å². The molecule has 0 aromatic carbocycles. The van der Waals surface area contributed by atoms with Crippen LogP contribution in [-0.4, -0.2) is 37.2 Å². The van der Waals surface area contributed by atoms with E-state index in [9.17, 15) is 4.79 Å². The first-order chi connectivity index (χ1) is 8.68. The first-order valence-corrected chi connectivity index (χ1v) is 7.30. The van der Waals surface area contributed by atoms with Crippen LogP contribution in [-0.2, 0) is 9.53 Å². The van der Waals surface area contributed by atoms with Gasteiger partial charge in [0.15, 0.2) is 0 Å². The molecule has 2 fully saturated rings. The van der Waals surface area contributed by atoms with Crippen molar-refractivity contribution in [2.75, 3.05) is 19.8 Å².